The average Bonchev–Trinajstić information content (AvgIpc) is 3.00. The number of nitrogens with one attached hydrogen (secondary N) is 1. The Bertz CT molecular complexity index is 962. The molecule has 1 amide bonds. The second-order valence-corrected chi connectivity index (χ2v) is 6.44. The number of aromatic amines is 1. The highest BCUT2D eigenvalue weighted by Crippen LogP contribution is 2.36. The zero-order chi connectivity index (χ0) is 18.0. The van der Waals surface area contributed by atoms with Crippen LogP contribution in [-0.2, 0) is 16.0 Å². The standard InChI is InChI=1S/C19H17BrN2O3/c1-2-25-17(23)9-11-5-3-4-6-13(11)14-10-22-16-8-12(19(21)24)7-15(20)18(14)16/h3-8,10,22H,2,9H2,1H3,(H2,21,24). The number of aromatic nitrogens is 1. The maximum Gasteiger partial charge on any atom is 0.310 e. The SMILES string of the molecule is CCOC(=O)Cc1ccccc1-c1c[nH]c2cc(C(N)=O)cc(Br)c12. The fourth-order valence-electron chi connectivity index (χ4n) is 2.88. The molecule has 0 atom stereocenters. The first-order chi connectivity index (χ1) is 12.0. The fourth-order valence-corrected chi connectivity index (χ4v) is 3.55. The van der Waals surface area contributed by atoms with E-state index in [1.807, 2.05) is 30.5 Å². The lowest BCUT2D eigenvalue weighted by Gasteiger charge is -2.09. The van der Waals surface area contributed by atoms with E-state index in [1.165, 1.54) is 0 Å². The molecule has 6 heteroatoms. The van der Waals surface area contributed by atoms with Crippen molar-refractivity contribution in [2.75, 3.05) is 6.61 Å². The molecule has 25 heavy (non-hydrogen) atoms. The number of halogens is 1. The van der Waals surface area contributed by atoms with Gasteiger partial charge in [0.15, 0.2) is 0 Å². The van der Waals surface area contributed by atoms with Gasteiger partial charge >= 0.3 is 5.97 Å². The van der Waals surface area contributed by atoms with Gasteiger partial charge in [-0.2, -0.15) is 0 Å². The van der Waals surface area contributed by atoms with Gasteiger partial charge in [-0.25, -0.2) is 0 Å². The zero-order valence-electron chi connectivity index (χ0n) is 13.6. The molecule has 0 unspecified atom stereocenters. The Kier molecular flexibility index (Phi) is 4.90. The number of H-pyrrole nitrogens is 1. The van der Waals surface area contributed by atoms with Crippen LogP contribution >= 0.6 is 15.9 Å². The van der Waals surface area contributed by atoms with Crippen LogP contribution in [0.2, 0.25) is 0 Å². The maximum absolute atomic E-state index is 11.9. The molecule has 0 fully saturated rings. The summed E-state index contributed by atoms with van der Waals surface area (Å²) in [7, 11) is 0. The van der Waals surface area contributed by atoms with Crippen LogP contribution in [0.25, 0.3) is 22.0 Å². The Morgan fingerprint density at radius 1 is 1.20 bits per heavy atom. The van der Waals surface area contributed by atoms with Crippen molar-refractivity contribution in [2.45, 2.75) is 13.3 Å². The second-order valence-electron chi connectivity index (χ2n) is 5.59. The number of carbonyl (C=O) groups excluding carboxylic acids is 2. The summed E-state index contributed by atoms with van der Waals surface area (Å²) in [4.78, 5) is 26.5. The summed E-state index contributed by atoms with van der Waals surface area (Å²) in [6.07, 6.45) is 2.07. The van der Waals surface area contributed by atoms with Crippen molar-refractivity contribution in [2.24, 2.45) is 5.73 Å². The van der Waals surface area contributed by atoms with E-state index in [-0.39, 0.29) is 12.4 Å². The quantitative estimate of drug-likeness (QED) is 0.638. The highest BCUT2D eigenvalue weighted by atomic mass is 79.9. The maximum atomic E-state index is 11.9. The average molecular weight is 401 g/mol. The molecule has 0 radical (unpaired) electrons. The Morgan fingerprint density at radius 2 is 1.96 bits per heavy atom. The molecular weight excluding hydrogens is 384 g/mol. The Labute approximate surface area is 153 Å². The molecule has 1 heterocycles. The number of rotatable bonds is 5. The first-order valence-electron chi connectivity index (χ1n) is 7.85. The third kappa shape index (κ3) is 3.44. The lowest BCUT2D eigenvalue weighted by atomic mass is 9.97. The molecule has 0 aliphatic carbocycles. The van der Waals surface area contributed by atoms with Crippen molar-refractivity contribution < 1.29 is 14.3 Å². The molecule has 128 valence electrons. The highest BCUT2D eigenvalue weighted by Gasteiger charge is 2.16. The van der Waals surface area contributed by atoms with Crippen LogP contribution < -0.4 is 5.73 Å². The van der Waals surface area contributed by atoms with Gasteiger partial charge < -0.3 is 15.5 Å². The van der Waals surface area contributed by atoms with E-state index in [2.05, 4.69) is 20.9 Å². The molecule has 0 saturated carbocycles. The number of fused-ring (bicyclic) bond motifs is 1. The zero-order valence-corrected chi connectivity index (χ0v) is 15.2. The highest BCUT2D eigenvalue weighted by molar-refractivity contribution is 9.10. The summed E-state index contributed by atoms with van der Waals surface area (Å²) >= 11 is 3.52. The monoisotopic (exact) mass is 400 g/mol. The van der Waals surface area contributed by atoms with Crippen LogP contribution in [0.1, 0.15) is 22.8 Å². The van der Waals surface area contributed by atoms with Crippen LogP contribution in [0.5, 0.6) is 0 Å². The number of primary amides is 1. The van der Waals surface area contributed by atoms with E-state index in [9.17, 15) is 9.59 Å². The Balaban J connectivity index is 2.12. The first-order valence-corrected chi connectivity index (χ1v) is 8.65. The third-order valence-corrected chi connectivity index (χ3v) is 4.59. The number of nitrogens with two attached hydrogens (primary N) is 1. The number of hydrogen-bond acceptors (Lipinski definition) is 3. The van der Waals surface area contributed by atoms with Crippen molar-refractivity contribution in [3.05, 3.63) is 58.2 Å². The topological polar surface area (TPSA) is 85.2 Å². The van der Waals surface area contributed by atoms with Gasteiger partial charge in [0.05, 0.1) is 13.0 Å². The van der Waals surface area contributed by atoms with Crippen LogP contribution in [0.15, 0.2) is 47.1 Å². The van der Waals surface area contributed by atoms with Gasteiger partial charge in [0.1, 0.15) is 0 Å². The van der Waals surface area contributed by atoms with Crippen molar-refractivity contribution in [1.82, 2.24) is 4.98 Å². The lowest BCUT2D eigenvalue weighted by molar-refractivity contribution is -0.142. The van der Waals surface area contributed by atoms with Gasteiger partial charge in [-0.05, 0) is 30.2 Å². The van der Waals surface area contributed by atoms with Gasteiger partial charge in [0.2, 0.25) is 5.91 Å². The summed E-state index contributed by atoms with van der Waals surface area (Å²) in [6, 6.07) is 11.1. The molecule has 3 rings (SSSR count). The van der Waals surface area contributed by atoms with E-state index in [0.29, 0.717) is 12.2 Å². The summed E-state index contributed by atoms with van der Waals surface area (Å²) in [5.74, 6) is -0.744. The second kappa shape index (κ2) is 7.11. The van der Waals surface area contributed by atoms with Crippen LogP contribution in [0, 0.1) is 0 Å². The minimum atomic E-state index is -0.485. The van der Waals surface area contributed by atoms with Crippen molar-refractivity contribution in [3.8, 4) is 11.1 Å². The van der Waals surface area contributed by atoms with Crippen LogP contribution in [0.3, 0.4) is 0 Å². The molecule has 0 bridgehead atoms. The summed E-state index contributed by atoms with van der Waals surface area (Å²) in [5.41, 5.74) is 9.36. The fraction of sp³-hybridized carbons (Fsp3) is 0.158. The lowest BCUT2D eigenvalue weighted by Crippen LogP contribution is -2.10. The van der Waals surface area contributed by atoms with E-state index in [0.717, 1.165) is 32.1 Å². The summed E-state index contributed by atoms with van der Waals surface area (Å²) in [5, 5.41) is 0.932. The van der Waals surface area contributed by atoms with Crippen molar-refractivity contribution in [1.29, 1.82) is 0 Å². The Hall–Kier alpha value is -2.60. The summed E-state index contributed by atoms with van der Waals surface area (Å²) in [6.45, 7) is 2.15. The predicted molar refractivity (Wildman–Crippen MR) is 100 cm³/mol. The molecular formula is C19H17BrN2O3. The van der Waals surface area contributed by atoms with Crippen molar-refractivity contribution >= 4 is 38.7 Å². The van der Waals surface area contributed by atoms with Gasteiger partial charge in [-0.1, -0.05) is 40.2 Å². The van der Waals surface area contributed by atoms with E-state index < -0.39 is 5.91 Å². The first kappa shape index (κ1) is 17.2. The molecule has 2 aromatic carbocycles. The molecule has 1 aromatic heterocycles. The van der Waals surface area contributed by atoms with Gasteiger partial charge in [0.25, 0.3) is 0 Å². The van der Waals surface area contributed by atoms with E-state index in [1.54, 1.807) is 19.1 Å². The molecule has 0 spiro atoms. The predicted octanol–water partition coefficient (Wildman–Crippen LogP) is 3.80. The molecule has 0 aliphatic heterocycles. The van der Waals surface area contributed by atoms with Gasteiger partial charge in [-0.15, -0.1) is 0 Å². The van der Waals surface area contributed by atoms with Gasteiger partial charge in [0, 0.05) is 32.7 Å². The molecule has 0 saturated heterocycles. The molecule has 5 nitrogen and oxygen atoms in total. The Morgan fingerprint density at radius 3 is 2.68 bits per heavy atom. The minimum Gasteiger partial charge on any atom is -0.466 e. The smallest absolute Gasteiger partial charge is 0.310 e. The van der Waals surface area contributed by atoms with Crippen LogP contribution in [0.4, 0.5) is 0 Å². The normalized spacial score (nSPS) is 10.8. The number of esters is 1. The number of amides is 1. The van der Waals surface area contributed by atoms with Crippen molar-refractivity contribution in [3.63, 3.8) is 0 Å². The molecule has 3 aromatic rings. The minimum absolute atomic E-state index is 0.202. The molecule has 0 aliphatic rings. The number of ether oxygens (including phenoxy) is 1. The van der Waals surface area contributed by atoms with E-state index >= 15 is 0 Å². The number of benzene rings is 2. The summed E-state index contributed by atoms with van der Waals surface area (Å²) < 4.78 is 5.83. The third-order valence-electron chi connectivity index (χ3n) is 3.96. The van der Waals surface area contributed by atoms with E-state index in [4.69, 9.17) is 10.5 Å². The number of carbonyl (C=O) groups is 2. The van der Waals surface area contributed by atoms with Crippen LogP contribution in [-0.4, -0.2) is 23.5 Å². The van der Waals surface area contributed by atoms with Gasteiger partial charge in [-0.3, -0.25) is 9.59 Å². The molecule has 3 N–H and O–H groups in total. The number of hydrogen-bond donors (Lipinski definition) is 2. The largest absolute Gasteiger partial charge is 0.466 e.